The van der Waals surface area contributed by atoms with E-state index in [4.69, 9.17) is 0 Å². The second kappa shape index (κ2) is 4.59. The van der Waals surface area contributed by atoms with Crippen LogP contribution in [0.5, 0.6) is 5.75 Å². The first kappa shape index (κ1) is 12.9. The van der Waals surface area contributed by atoms with E-state index in [0.29, 0.717) is 18.4 Å². The molecule has 0 bridgehead atoms. The van der Waals surface area contributed by atoms with Crippen LogP contribution >= 0.6 is 0 Å². The van der Waals surface area contributed by atoms with Crippen molar-refractivity contribution in [1.29, 1.82) is 0 Å². The zero-order chi connectivity index (χ0) is 13.3. The lowest BCUT2D eigenvalue weighted by Gasteiger charge is -2.34. The summed E-state index contributed by atoms with van der Waals surface area (Å²) in [6.45, 7) is 1.55. The highest BCUT2D eigenvalue weighted by atomic mass is 19.1. The lowest BCUT2D eigenvalue weighted by Crippen LogP contribution is -2.38. The summed E-state index contributed by atoms with van der Waals surface area (Å²) in [5, 5.41) is 19.4. The van der Waals surface area contributed by atoms with Crippen molar-refractivity contribution in [3.05, 3.63) is 29.1 Å². The van der Waals surface area contributed by atoms with Crippen molar-refractivity contribution in [3.63, 3.8) is 0 Å². The van der Waals surface area contributed by atoms with E-state index in [1.807, 2.05) is 0 Å². The molecule has 0 spiro atoms. The molecule has 0 saturated heterocycles. The Labute approximate surface area is 105 Å². The maximum atomic E-state index is 13.6. The van der Waals surface area contributed by atoms with Gasteiger partial charge in [0.25, 0.3) is 0 Å². The van der Waals surface area contributed by atoms with E-state index in [2.05, 4.69) is 0 Å². The third kappa shape index (κ3) is 1.96. The first-order valence-corrected chi connectivity index (χ1v) is 6.20. The standard InChI is InChI=1S/C14H17FO3/c1-9-7-12(16)10(8-11(9)15)14(13(17)18)5-3-2-4-6-14/h7-8,16H,2-6H2,1H3,(H,17,18). The van der Waals surface area contributed by atoms with Crippen LogP contribution in [0.1, 0.15) is 43.2 Å². The number of aliphatic carboxylic acids is 1. The highest BCUT2D eigenvalue weighted by Gasteiger charge is 2.43. The number of rotatable bonds is 2. The Bertz CT molecular complexity index is 476. The summed E-state index contributed by atoms with van der Waals surface area (Å²) in [5.41, 5.74) is -0.581. The lowest BCUT2D eigenvalue weighted by atomic mass is 9.69. The zero-order valence-corrected chi connectivity index (χ0v) is 10.4. The summed E-state index contributed by atoms with van der Waals surface area (Å²) in [6, 6.07) is 2.49. The molecular weight excluding hydrogens is 235 g/mol. The monoisotopic (exact) mass is 252 g/mol. The Hall–Kier alpha value is -1.58. The Balaban J connectivity index is 2.55. The van der Waals surface area contributed by atoms with Gasteiger partial charge < -0.3 is 10.2 Å². The van der Waals surface area contributed by atoms with E-state index in [1.165, 1.54) is 12.1 Å². The first-order chi connectivity index (χ1) is 8.47. The molecule has 2 N–H and O–H groups in total. The number of hydrogen-bond acceptors (Lipinski definition) is 2. The molecule has 0 amide bonds. The van der Waals surface area contributed by atoms with Gasteiger partial charge in [0.2, 0.25) is 0 Å². The zero-order valence-electron chi connectivity index (χ0n) is 10.4. The van der Waals surface area contributed by atoms with E-state index >= 15 is 0 Å². The highest BCUT2D eigenvalue weighted by molar-refractivity contribution is 5.82. The number of hydrogen-bond donors (Lipinski definition) is 2. The van der Waals surface area contributed by atoms with Gasteiger partial charge in [0, 0.05) is 5.56 Å². The largest absolute Gasteiger partial charge is 0.508 e. The van der Waals surface area contributed by atoms with Gasteiger partial charge in [0.1, 0.15) is 11.6 Å². The van der Waals surface area contributed by atoms with Crippen LogP contribution in [0.25, 0.3) is 0 Å². The Morgan fingerprint density at radius 1 is 1.28 bits per heavy atom. The highest BCUT2D eigenvalue weighted by Crippen LogP contribution is 2.43. The fourth-order valence-corrected chi connectivity index (χ4v) is 2.80. The van der Waals surface area contributed by atoms with Crippen molar-refractivity contribution in [2.45, 2.75) is 44.4 Å². The second-order valence-electron chi connectivity index (χ2n) is 5.07. The van der Waals surface area contributed by atoms with Gasteiger partial charge in [-0.2, -0.15) is 0 Å². The molecule has 0 aromatic heterocycles. The Kier molecular flexibility index (Phi) is 3.28. The summed E-state index contributed by atoms with van der Waals surface area (Å²) in [6.07, 6.45) is 3.49. The molecule has 3 nitrogen and oxygen atoms in total. The minimum Gasteiger partial charge on any atom is -0.508 e. The van der Waals surface area contributed by atoms with E-state index in [0.717, 1.165) is 19.3 Å². The maximum Gasteiger partial charge on any atom is 0.314 e. The number of halogens is 1. The van der Waals surface area contributed by atoms with Crippen LogP contribution in [-0.2, 0) is 10.2 Å². The molecule has 0 unspecified atom stereocenters. The number of benzene rings is 1. The molecule has 1 aliphatic carbocycles. The van der Waals surface area contributed by atoms with Gasteiger partial charge in [0.15, 0.2) is 0 Å². The van der Waals surface area contributed by atoms with Crippen molar-refractivity contribution < 1.29 is 19.4 Å². The molecule has 18 heavy (non-hydrogen) atoms. The summed E-state index contributed by atoms with van der Waals surface area (Å²) in [4.78, 5) is 11.6. The predicted molar refractivity (Wildman–Crippen MR) is 65.2 cm³/mol. The summed E-state index contributed by atoms with van der Waals surface area (Å²) < 4.78 is 13.6. The van der Waals surface area contributed by atoms with Crippen molar-refractivity contribution in [3.8, 4) is 5.75 Å². The van der Waals surface area contributed by atoms with Crippen LogP contribution in [0.15, 0.2) is 12.1 Å². The first-order valence-electron chi connectivity index (χ1n) is 6.20. The van der Waals surface area contributed by atoms with Crippen LogP contribution in [0, 0.1) is 12.7 Å². The van der Waals surface area contributed by atoms with Crippen LogP contribution in [0.3, 0.4) is 0 Å². The van der Waals surface area contributed by atoms with Gasteiger partial charge in [-0.15, -0.1) is 0 Å². The van der Waals surface area contributed by atoms with Crippen LogP contribution < -0.4 is 0 Å². The molecule has 2 rings (SSSR count). The number of carboxylic acid groups (broad SMARTS) is 1. The Morgan fingerprint density at radius 3 is 2.44 bits per heavy atom. The molecule has 1 saturated carbocycles. The molecule has 1 aliphatic rings. The van der Waals surface area contributed by atoms with E-state index in [-0.39, 0.29) is 11.3 Å². The van der Waals surface area contributed by atoms with Gasteiger partial charge in [-0.3, -0.25) is 4.79 Å². The minimum atomic E-state index is -1.13. The van der Waals surface area contributed by atoms with Crippen LogP contribution in [0.2, 0.25) is 0 Å². The molecule has 1 fully saturated rings. The maximum absolute atomic E-state index is 13.6. The summed E-state index contributed by atoms with van der Waals surface area (Å²) in [5.74, 6) is -1.55. The van der Waals surface area contributed by atoms with Gasteiger partial charge in [0.05, 0.1) is 5.41 Å². The number of phenols is 1. The topological polar surface area (TPSA) is 57.5 Å². The average molecular weight is 252 g/mol. The number of aryl methyl sites for hydroxylation is 1. The third-order valence-electron chi connectivity index (χ3n) is 3.91. The number of carboxylic acids is 1. The van der Waals surface area contributed by atoms with Gasteiger partial charge in [-0.1, -0.05) is 19.3 Å². The van der Waals surface area contributed by atoms with Gasteiger partial charge >= 0.3 is 5.97 Å². The minimum absolute atomic E-state index is 0.113. The van der Waals surface area contributed by atoms with Crippen molar-refractivity contribution >= 4 is 5.97 Å². The predicted octanol–water partition coefficient (Wildman–Crippen LogP) is 3.13. The summed E-state index contributed by atoms with van der Waals surface area (Å²) in [7, 11) is 0. The molecule has 1 aromatic rings. The molecule has 98 valence electrons. The number of carbonyl (C=O) groups is 1. The van der Waals surface area contributed by atoms with Gasteiger partial charge in [-0.05, 0) is 37.5 Å². The fourth-order valence-electron chi connectivity index (χ4n) is 2.80. The molecule has 0 atom stereocenters. The molecule has 1 aromatic carbocycles. The van der Waals surface area contributed by atoms with E-state index in [1.54, 1.807) is 6.92 Å². The Morgan fingerprint density at radius 2 is 1.89 bits per heavy atom. The number of phenolic OH excluding ortho intramolecular Hbond substituents is 1. The van der Waals surface area contributed by atoms with Crippen molar-refractivity contribution in [1.82, 2.24) is 0 Å². The molecule has 0 heterocycles. The smallest absolute Gasteiger partial charge is 0.314 e. The second-order valence-corrected chi connectivity index (χ2v) is 5.07. The fraction of sp³-hybridized carbons (Fsp3) is 0.500. The number of aromatic hydroxyl groups is 1. The molecular formula is C14H17FO3. The average Bonchev–Trinajstić information content (AvgIpc) is 2.34. The lowest BCUT2D eigenvalue weighted by molar-refractivity contribution is -0.145. The van der Waals surface area contributed by atoms with E-state index in [9.17, 15) is 19.4 Å². The summed E-state index contributed by atoms with van der Waals surface area (Å²) >= 11 is 0. The van der Waals surface area contributed by atoms with Crippen molar-refractivity contribution in [2.75, 3.05) is 0 Å². The third-order valence-corrected chi connectivity index (χ3v) is 3.91. The molecule has 4 heteroatoms. The van der Waals surface area contributed by atoms with Crippen molar-refractivity contribution in [2.24, 2.45) is 0 Å². The van der Waals surface area contributed by atoms with Gasteiger partial charge in [-0.25, -0.2) is 4.39 Å². The quantitative estimate of drug-likeness (QED) is 0.850. The molecule has 0 radical (unpaired) electrons. The normalized spacial score (nSPS) is 18.6. The SMILES string of the molecule is Cc1cc(O)c(C2(C(=O)O)CCCCC2)cc1F. The van der Waals surface area contributed by atoms with Crippen LogP contribution in [0.4, 0.5) is 4.39 Å². The van der Waals surface area contributed by atoms with E-state index < -0.39 is 17.2 Å². The molecule has 0 aliphatic heterocycles. The van der Waals surface area contributed by atoms with Crippen LogP contribution in [-0.4, -0.2) is 16.2 Å².